The Bertz CT molecular complexity index is 948. The van der Waals surface area contributed by atoms with Crippen LogP contribution in [0, 0.1) is 13.8 Å². The van der Waals surface area contributed by atoms with E-state index in [1.807, 2.05) is 35.4 Å². The minimum absolute atomic E-state index is 0. The van der Waals surface area contributed by atoms with Gasteiger partial charge in [-0.3, -0.25) is 9.69 Å². The van der Waals surface area contributed by atoms with E-state index in [0.29, 0.717) is 6.54 Å². The summed E-state index contributed by atoms with van der Waals surface area (Å²) in [5.41, 5.74) is 4.10. The molecule has 1 heterocycles. The van der Waals surface area contributed by atoms with Gasteiger partial charge in [0.05, 0.1) is 15.8 Å². The maximum atomic E-state index is 13.5. The number of thiazole rings is 1. The predicted molar refractivity (Wildman–Crippen MR) is 129 cm³/mol. The zero-order valence-corrected chi connectivity index (χ0v) is 20.0. The molecular weight excluding hydrogens is 422 g/mol. The zero-order valence-electron chi connectivity index (χ0n) is 17.6. The predicted octanol–water partition coefficient (Wildman–Crippen LogP) is 5.66. The summed E-state index contributed by atoms with van der Waals surface area (Å²) in [6.07, 6.45) is 2.90. The Hall–Kier alpha value is -1.60. The molecule has 0 unspecified atom stereocenters. The van der Waals surface area contributed by atoms with Gasteiger partial charge in [-0.1, -0.05) is 35.6 Å². The molecule has 0 saturated carbocycles. The van der Waals surface area contributed by atoms with Crippen LogP contribution in [0.1, 0.15) is 27.9 Å². The summed E-state index contributed by atoms with van der Waals surface area (Å²) >= 11 is 3.22. The van der Waals surface area contributed by atoms with E-state index in [0.717, 1.165) is 39.6 Å². The van der Waals surface area contributed by atoms with Crippen molar-refractivity contribution in [3.63, 3.8) is 0 Å². The Morgan fingerprint density at radius 1 is 1.07 bits per heavy atom. The molecule has 0 N–H and O–H groups in total. The first-order chi connectivity index (χ1) is 13.4. The number of thioether (sulfide) groups is 1. The fraction of sp³-hybridized carbons (Fsp3) is 0.364. The lowest BCUT2D eigenvalue weighted by molar-refractivity contribution is 0.0983. The number of hydrogen-bond donors (Lipinski definition) is 0. The minimum atomic E-state index is 0. The van der Waals surface area contributed by atoms with Crippen molar-refractivity contribution in [1.29, 1.82) is 0 Å². The summed E-state index contributed by atoms with van der Waals surface area (Å²) in [7, 11) is 4.11. The highest BCUT2D eigenvalue weighted by Gasteiger charge is 2.23. The molecule has 156 valence electrons. The van der Waals surface area contributed by atoms with Gasteiger partial charge >= 0.3 is 0 Å². The van der Waals surface area contributed by atoms with Crippen molar-refractivity contribution >= 4 is 56.8 Å². The Morgan fingerprint density at radius 3 is 2.41 bits per heavy atom. The van der Waals surface area contributed by atoms with E-state index in [9.17, 15) is 4.79 Å². The molecule has 2 aromatic carbocycles. The summed E-state index contributed by atoms with van der Waals surface area (Å²) in [6.45, 7) is 5.76. The fourth-order valence-electron chi connectivity index (χ4n) is 3.16. The van der Waals surface area contributed by atoms with Crippen LogP contribution in [0.2, 0.25) is 0 Å². The average molecular weight is 450 g/mol. The first-order valence-electron chi connectivity index (χ1n) is 9.38. The molecule has 0 bridgehead atoms. The van der Waals surface area contributed by atoms with Crippen molar-refractivity contribution in [2.45, 2.75) is 25.2 Å². The second-order valence-electron chi connectivity index (χ2n) is 7.19. The van der Waals surface area contributed by atoms with E-state index in [4.69, 9.17) is 4.98 Å². The third-order valence-electron chi connectivity index (χ3n) is 4.73. The Labute approximate surface area is 187 Å². The lowest BCUT2D eigenvalue weighted by Crippen LogP contribution is -2.33. The lowest BCUT2D eigenvalue weighted by Gasteiger charge is -2.22. The van der Waals surface area contributed by atoms with Gasteiger partial charge in [0.1, 0.15) is 0 Å². The molecule has 7 heteroatoms. The van der Waals surface area contributed by atoms with Crippen LogP contribution >= 0.6 is 35.5 Å². The second-order valence-corrected chi connectivity index (χ2v) is 9.01. The van der Waals surface area contributed by atoms with Gasteiger partial charge < -0.3 is 4.90 Å². The standard InChI is InChI=1S/C22H27N3OS2.ClH/c1-15-11-12-16(2)20-19(15)23-22(28-20)25(14-8-13-24(3)4)21(26)17-9-6-7-10-18(17)27-5;/h6-7,9-12H,8,13-14H2,1-5H3;1H. The van der Waals surface area contributed by atoms with E-state index in [2.05, 4.69) is 45.0 Å². The monoisotopic (exact) mass is 449 g/mol. The van der Waals surface area contributed by atoms with Crippen molar-refractivity contribution in [3.8, 4) is 0 Å². The van der Waals surface area contributed by atoms with Crippen molar-refractivity contribution in [2.75, 3.05) is 38.3 Å². The number of halogens is 1. The van der Waals surface area contributed by atoms with Gasteiger partial charge in [-0.05, 0) is 70.4 Å². The largest absolute Gasteiger partial charge is 0.309 e. The molecule has 0 atom stereocenters. The number of nitrogens with zero attached hydrogens (tertiary/aromatic N) is 3. The number of carbonyl (C=O) groups excluding carboxylic acids is 1. The van der Waals surface area contributed by atoms with Crippen molar-refractivity contribution in [3.05, 3.63) is 53.1 Å². The van der Waals surface area contributed by atoms with Gasteiger partial charge in [0.2, 0.25) is 0 Å². The number of hydrogen-bond acceptors (Lipinski definition) is 5. The number of aromatic nitrogens is 1. The normalized spacial score (nSPS) is 11.0. The number of aryl methyl sites for hydroxylation is 2. The van der Waals surface area contributed by atoms with Crippen LogP contribution in [0.3, 0.4) is 0 Å². The Balaban J connectivity index is 0.00000300. The van der Waals surface area contributed by atoms with E-state index in [1.54, 1.807) is 23.1 Å². The van der Waals surface area contributed by atoms with Crippen molar-refractivity contribution < 1.29 is 4.79 Å². The number of rotatable bonds is 7. The molecule has 0 saturated heterocycles. The summed E-state index contributed by atoms with van der Waals surface area (Å²) < 4.78 is 1.17. The summed E-state index contributed by atoms with van der Waals surface area (Å²) in [5, 5.41) is 0.784. The first-order valence-corrected chi connectivity index (χ1v) is 11.4. The zero-order chi connectivity index (χ0) is 20.3. The molecule has 3 rings (SSSR count). The van der Waals surface area contributed by atoms with Crippen LogP contribution in [-0.2, 0) is 0 Å². The SMILES string of the molecule is CSc1ccccc1C(=O)N(CCCN(C)C)c1nc2c(C)ccc(C)c2s1.Cl. The molecular formula is C22H28ClN3OS2. The maximum absolute atomic E-state index is 13.5. The van der Waals surface area contributed by atoms with Crippen molar-refractivity contribution in [2.24, 2.45) is 0 Å². The molecule has 29 heavy (non-hydrogen) atoms. The molecule has 0 fully saturated rings. The lowest BCUT2D eigenvalue weighted by atomic mass is 10.1. The highest BCUT2D eigenvalue weighted by atomic mass is 35.5. The molecule has 0 spiro atoms. The smallest absolute Gasteiger partial charge is 0.261 e. The number of fused-ring (bicyclic) bond motifs is 1. The van der Waals surface area contributed by atoms with Gasteiger partial charge in [-0.15, -0.1) is 24.2 Å². The Kier molecular flexibility index (Phi) is 8.52. The molecule has 1 aromatic heterocycles. The Morgan fingerprint density at radius 2 is 1.76 bits per heavy atom. The molecule has 0 radical (unpaired) electrons. The summed E-state index contributed by atoms with van der Waals surface area (Å²) in [4.78, 5) is 23.4. The van der Waals surface area contributed by atoms with Crippen LogP contribution in [0.4, 0.5) is 5.13 Å². The molecule has 0 aliphatic heterocycles. The highest BCUT2D eigenvalue weighted by molar-refractivity contribution is 7.98. The van der Waals surface area contributed by atoms with Crippen molar-refractivity contribution in [1.82, 2.24) is 9.88 Å². The van der Waals surface area contributed by atoms with Crippen LogP contribution < -0.4 is 4.90 Å². The van der Waals surface area contributed by atoms with E-state index < -0.39 is 0 Å². The maximum Gasteiger partial charge on any atom is 0.261 e. The van der Waals surface area contributed by atoms with Crippen LogP contribution in [0.25, 0.3) is 10.2 Å². The number of carbonyl (C=O) groups is 1. The van der Waals surface area contributed by atoms with E-state index >= 15 is 0 Å². The fourth-order valence-corrected chi connectivity index (χ4v) is 4.89. The first kappa shape index (κ1) is 23.7. The third-order valence-corrected chi connectivity index (χ3v) is 6.74. The number of amides is 1. The summed E-state index contributed by atoms with van der Waals surface area (Å²) in [6, 6.07) is 12.0. The third kappa shape index (κ3) is 5.31. The topological polar surface area (TPSA) is 36.4 Å². The van der Waals surface area contributed by atoms with Gasteiger partial charge in [0, 0.05) is 11.4 Å². The van der Waals surface area contributed by atoms with E-state index in [-0.39, 0.29) is 18.3 Å². The molecule has 3 aromatic rings. The molecule has 4 nitrogen and oxygen atoms in total. The van der Waals surface area contributed by atoms with Gasteiger partial charge in [0.25, 0.3) is 5.91 Å². The van der Waals surface area contributed by atoms with Gasteiger partial charge in [-0.2, -0.15) is 0 Å². The van der Waals surface area contributed by atoms with Gasteiger partial charge in [-0.25, -0.2) is 4.98 Å². The second kappa shape index (κ2) is 10.4. The quantitative estimate of drug-likeness (QED) is 0.436. The summed E-state index contributed by atoms with van der Waals surface area (Å²) in [5.74, 6) is 0.0260. The minimum Gasteiger partial charge on any atom is -0.309 e. The van der Waals surface area contributed by atoms with Crippen LogP contribution in [-0.4, -0.2) is 49.2 Å². The molecule has 1 amide bonds. The van der Waals surface area contributed by atoms with Crippen LogP contribution in [0.15, 0.2) is 41.3 Å². The van der Waals surface area contributed by atoms with Crippen LogP contribution in [0.5, 0.6) is 0 Å². The molecule has 0 aliphatic rings. The van der Waals surface area contributed by atoms with Gasteiger partial charge in [0.15, 0.2) is 5.13 Å². The number of benzene rings is 2. The average Bonchev–Trinajstić information content (AvgIpc) is 3.14. The van der Waals surface area contributed by atoms with E-state index in [1.165, 1.54) is 10.3 Å². The molecule has 0 aliphatic carbocycles. The highest BCUT2D eigenvalue weighted by Crippen LogP contribution is 2.34. The number of anilines is 1.